The van der Waals surface area contributed by atoms with Crippen molar-refractivity contribution in [2.24, 2.45) is 0 Å². The molecule has 0 bridgehead atoms. The molecule has 3 aromatic rings. The lowest BCUT2D eigenvalue weighted by molar-refractivity contribution is -0.385. The monoisotopic (exact) mass is 482 g/mol. The first-order chi connectivity index (χ1) is 15.0. The summed E-state index contributed by atoms with van der Waals surface area (Å²) in [7, 11) is 0. The number of nitro benzene ring substituents is 2. The van der Waals surface area contributed by atoms with E-state index < -0.39 is 21.8 Å². The number of halogens is 2. The summed E-state index contributed by atoms with van der Waals surface area (Å²) in [5, 5.41) is 37.3. The van der Waals surface area contributed by atoms with E-state index in [2.05, 4.69) is 9.97 Å². The molecular formula is C18H12Cl2N4O8. The van der Waals surface area contributed by atoms with E-state index in [1.165, 1.54) is 0 Å². The fourth-order valence-electron chi connectivity index (χ4n) is 1.84. The molecule has 0 radical (unpaired) electrons. The number of benzene rings is 2. The van der Waals surface area contributed by atoms with Crippen molar-refractivity contribution in [3.63, 3.8) is 0 Å². The molecular weight excluding hydrogens is 471 g/mol. The van der Waals surface area contributed by atoms with Gasteiger partial charge in [0, 0.05) is 49.1 Å². The van der Waals surface area contributed by atoms with Crippen LogP contribution in [0.1, 0.15) is 20.7 Å². The van der Waals surface area contributed by atoms with Gasteiger partial charge in [0.1, 0.15) is 0 Å². The van der Waals surface area contributed by atoms with Gasteiger partial charge in [-0.05, 0) is 12.1 Å². The Balaban J connectivity index is 0.000000256. The largest absolute Gasteiger partial charge is 0.478 e. The first-order valence-electron chi connectivity index (χ1n) is 8.09. The van der Waals surface area contributed by atoms with E-state index in [-0.39, 0.29) is 32.5 Å². The van der Waals surface area contributed by atoms with Gasteiger partial charge >= 0.3 is 11.9 Å². The summed E-state index contributed by atoms with van der Waals surface area (Å²) >= 11 is 11.0. The summed E-state index contributed by atoms with van der Waals surface area (Å²) in [6.07, 6.45) is 6.56. The number of hydrogen-bond acceptors (Lipinski definition) is 8. The number of nitro groups is 2. The Morgan fingerprint density at radius 1 is 0.719 bits per heavy atom. The first kappa shape index (κ1) is 25.9. The Morgan fingerprint density at radius 2 is 1.03 bits per heavy atom. The minimum atomic E-state index is -1.21. The Kier molecular flexibility index (Phi) is 10.1. The highest BCUT2D eigenvalue weighted by Crippen LogP contribution is 2.23. The van der Waals surface area contributed by atoms with E-state index in [9.17, 15) is 29.8 Å². The minimum absolute atomic E-state index is 0.137. The number of carboxylic acid groups (broad SMARTS) is 2. The van der Waals surface area contributed by atoms with Crippen LogP contribution in [0.5, 0.6) is 0 Å². The zero-order valence-corrected chi connectivity index (χ0v) is 17.2. The molecule has 32 heavy (non-hydrogen) atoms. The van der Waals surface area contributed by atoms with Crippen LogP contribution in [0.3, 0.4) is 0 Å². The van der Waals surface area contributed by atoms with Crippen molar-refractivity contribution in [3.8, 4) is 0 Å². The van der Waals surface area contributed by atoms with Gasteiger partial charge in [-0.25, -0.2) is 9.59 Å². The van der Waals surface area contributed by atoms with E-state index in [0.29, 0.717) is 0 Å². The summed E-state index contributed by atoms with van der Waals surface area (Å²) in [6.45, 7) is 0. The lowest BCUT2D eigenvalue weighted by atomic mass is 10.2. The second-order valence-corrected chi connectivity index (χ2v) is 6.16. The van der Waals surface area contributed by atoms with Crippen LogP contribution < -0.4 is 0 Å². The maximum absolute atomic E-state index is 10.4. The van der Waals surface area contributed by atoms with E-state index in [4.69, 9.17) is 33.4 Å². The standard InChI is InChI=1S/2C7H4ClNO4.C4H4N2/c2*8-6-3-4(9(12)13)1-2-5(6)7(10)11;1-2-6-4-3-5-1/h2*1-3H,(H,10,11);1-4H. The number of non-ortho nitro benzene ring substituents is 2. The molecule has 3 rings (SSSR count). The van der Waals surface area contributed by atoms with Crippen molar-refractivity contribution < 1.29 is 29.6 Å². The molecule has 0 aliphatic heterocycles. The highest BCUT2D eigenvalue weighted by Gasteiger charge is 2.14. The quantitative estimate of drug-likeness (QED) is 0.398. The van der Waals surface area contributed by atoms with Crippen molar-refractivity contribution in [1.29, 1.82) is 0 Å². The third-order valence-corrected chi connectivity index (χ3v) is 3.89. The highest BCUT2D eigenvalue weighted by molar-refractivity contribution is 6.34. The van der Waals surface area contributed by atoms with Gasteiger partial charge in [-0.1, -0.05) is 23.2 Å². The molecule has 0 fully saturated rings. The maximum Gasteiger partial charge on any atom is 0.337 e. The summed E-state index contributed by atoms with van der Waals surface area (Å²) in [6, 6.07) is 6.40. The normalized spacial score (nSPS) is 9.31. The summed E-state index contributed by atoms with van der Waals surface area (Å²) in [5.41, 5.74) is -0.746. The summed E-state index contributed by atoms with van der Waals surface area (Å²) in [5.74, 6) is -2.42. The molecule has 0 unspecified atom stereocenters. The Hall–Kier alpha value is -4.16. The van der Waals surface area contributed by atoms with E-state index in [1.807, 2.05) is 0 Å². The number of aromatic carboxylic acids is 2. The molecule has 0 saturated carbocycles. The zero-order valence-electron chi connectivity index (χ0n) is 15.7. The smallest absolute Gasteiger partial charge is 0.337 e. The van der Waals surface area contributed by atoms with Gasteiger partial charge in [-0.3, -0.25) is 30.2 Å². The topological polar surface area (TPSA) is 187 Å². The van der Waals surface area contributed by atoms with Crippen molar-refractivity contribution >= 4 is 46.5 Å². The fourth-order valence-corrected chi connectivity index (χ4v) is 2.35. The van der Waals surface area contributed by atoms with Crippen LogP contribution in [0.4, 0.5) is 11.4 Å². The molecule has 1 aromatic heterocycles. The predicted molar refractivity (Wildman–Crippen MR) is 112 cm³/mol. The third-order valence-electron chi connectivity index (χ3n) is 3.27. The van der Waals surface area contributed by atoms with Crippen molar-refractivity contribution in [2.45, 2.75) is 0 Å². The molecule has 0 atom stereocenters. The Bertz CT molecular complexity index is 1030. The van der Waals surface area contributed by atoms with E-state index >= 15 is 0 Å². The molecule has 14 heteroatoms. The molecule has 166 valence electrons. The minimum Gasteiger partial charge on any atom is -0.478 e. The number of rotatable bonds is 4. The van der Waals surface area contributed by atoms with Gasteiger partial charge in [-0.15, -0.1) is 0 Å². The molecule has 1 heterocycles. The van der Waals surface area contributed by atoms with Crippen LogP contribution in [0.25, 0.3) is 0 Å². The Labute approximate surface area is 189 Å². The number of carboxylic acids is 2. The highest BCUT2D eigenvalue weighted by atomic mass is 35.5. The Morgan fingerprint density at radius 3 is 1.22 bits per heavy atom. The van der Waals surface area contributed by atoms with Crippen LogP contribution in [0.15, 0.2) is 61.2 Å². The second kappa shape index (κ2) is 12.5. The predicted octanol–water partition coefficient (Wildman–Crippen LogP) is 4.37. The van der Waals surface area contributed by atoms with Crippen LogP contribution in [-0.2, 0) is 0 Å². The summed E-state index contributed by atoms with van der Waals surface area (Å²) < 4.78 is 0. The average Bonchev–Trinajstić information content (AvgIpc) is 2.75. The van der Waals surface area contributed by atoms with Gasteiger partial charge in [-0.2, -0.15) is 0 Å². The molecule has 0 saturated heterocycles. The van der Waals surface area contributed by atoms with Crippen LogP contribution >= 0.6 is 23.2 Å². The number of carbonyl (C=O) groups is 2. The molecule has 0 aliphatic carbocycles. The van der Waals surface area contributed by atoms with Gasteiger partial charge < -0.3 is 10.2 Å². The fraction of sp³-hybridized carbons (Fsp3) is 0. The summed E-state index contributed by atoms with van der Waals surface area (Å²) in [4.78, 5) is 47.5. The second-order valence-electron chi connectivity index (χ2n) is 5.35. The van der Waals surface area contributed by atoms with Gasteiger partial charge in [0.15, 0.2) is 0 Å². The van der Waals surface area contributed by atoms with Crippen LogP contribution in [0.2, 0.25) is 10.0 Å². The molecule has 0 amide bonds. The van der Waals surface area contributed by atoms with Crippen molar-refractivity contribution in [3.05, 3.63) is 103 Å². The van der Waals surface area contributed by atoms with Gasteiger partial charge in [0.2, 0.25) is 0 Å². The molecule has 0 aliphatic rings. The van der Waals surface area contributed by atoms with Crippen molar-refractivity contribution in [1.82, 2.24) is 9.97 Å². The first-order valence-corrected chi connectivity index (χ1v) is 8.84. The van der Waals surface area contributed by atoms with Crippen molar-refractivity contribution in [2.75, 3.05) is 0 Å². The van der Waals surface area contributed by atoms with Crippen LogP contribution in [0, 0.1) is 20.2 Å². The maximum atomic E-state index is 10.4. The van der Waals surface area contributed by atoms with E-state index in [0.717, 1.165) is 36.4 Å². The van der Waals surface area contributed by atoms with Crippen LogP contribution in [-0.4, -0.2) is 42.0 Å². The third kappa shape index (κ3) is 8.30. The SMILES string of the molecule is O=C(O)c1ccc([N+](=O)[O-])cc1Cl.O=C(O)c1ccc([N+](=O)[O-])cc1Cl.c1cnccn1. The van der Waals surface area contributed by atoms with E-state index in [1.54, 1.807) is 24.8 Å². The lowest BCUT2D eigenvalue weighted by Gasteiger charge is -1.97. The lowest BCUT2D eigenvalue weighted by Crippen LogP contribution is -1.98. The zero-order chi connectivity index (χ0) is 24.3. The number of nitrogens with zero attached hydrogens (tertiary/aromatic N) is 4. The number of hydrogen-bond donors (Lipinski definition) is 2. The number of aromatic nitrogens is 2. The molecule has 12 nitrogen and oxygen atoms in total. The molecule has 0 spiro atoms. The molecule has 2 N–H and O–H groups in total. The van der Waals surface area contributed by atoms with Gasteiger partial charge in [0.25, 0.3) is 11.4 Å². The average molecular weight is 483 g/mol. The van der Waals surface area contributed by atoms with Gasteiger partial charge in [0.05, 0.1) is 31.0 Å². The molecule has 2 aromatic carbocycles.